The summed E-state index contributed by atoms with van der Waals surface area (Å²) in [6, 6.07) is 6.29. The lowest BCUT2D eigenvalue weighted by Gasteiger charge is -2.13. The van der Waals surface area contributed by atoms with Crippen LogP contribution in [0.5, 0.6) is 0 Å². The van der Waals surface area contributed by atoms with E-state index in [2.05, 4.69) is 41.1 Å². The molecule has 72 valence electrons. The molecule has 0 radical (unpaired) electrons. The molecule has 0 aromatic heterocycles. The molecule has 0 amide bonds. The fourth-order valence-electron chi connectivity index (χ4n) is 1.37. The van der Waals surface area contributed by atoms with Crippen molar-refractivity contribution in [1.82, 2.24) is 0 Å². The molecule has 0 saturated carbocycles. The third-order valence-corrected chi connectivity index (χ3v) is 2.56. The molecule has 4 N–H and O–H groups in total. The summed E-state index contributed by atoms with van der Waals surface area (Å²) in [5.74, 6) is 0.274. The van der Waals surface area contributed by atoms with Crippen LogP contribution in [0.15, 0.2) is 22.7 Å². The molecule has 1 rings (SSSR count). The van der Waals surface area contributed by atoms with Gasteiger partial charge in [-0.25, -0.2) is 0 Å². The lowest BCUT2D eigenvalue weighted by Crippen LogP contribution is -2.21. The first kappa shape index (κ1) is 10.7. The summed E-state index contributed by atoms with van der Waals surface area (Å²) in [6.45, 7) is 3.27. The van der Waals surface area contributed by atoms with Crippen LogP contribution in [0.2, 0.25) is 0 Å². The number of aryl methyl sites for hydroxylation is 1. The van der Waals surface area contributed by atoms with Crippen LogP contribution in [-0.2, 0) is 0 Å². The van der Waals surface area contributed by atoms with Gasteiger partial charge < -0.3 is 11.5 Å². The lowest BCUT2D eigenvalue weighted by molar-refractivity contribution is 0.707. The molecule has 0 unspecified atom stereocenters. The maximum Gasteiger partial charge on any atom is 0.0180 e. The zero-order chi connectivity index (χ0) is 9.84. The van der Waals surface area contributed by atoms with Gasteiger partial charge in [-0.1, -0.05) is 22.0 Å². The zero-order valence-corrected chi connectivity index (χ0v) is 9.34. The third kappa shape index (κ3) is 2.79. The van der Waals surface area contributed by atoms with Crippen molar-refractivity contribution in [3.8, 4) is 0 Å². The molecule has 0 saturated heterocycles. The molecular weight excluding hydrogens is 228 g/mol. The first-order valence-corrected chi connectivity index (χ1v) is 5.14. The monoisotopic (exact) mass is 242 g/mol. The highest BCUT2D eigenvalue weighted by molar-refractivity contribution is 9.10. The summed E-state index contributed by atoms with van der Waals surface area (Å²) in [5.41, 5.74) is 13.7. The van der Waals surface area contributed by atoms with E-state index < -0.39 is 0 Å². The van der Waals surface area contributed by atoms with Crippen LogP contribution in [-0.4, -0.2) is 13.1 Å². The van der Waals surface area contributed by atoms with Gasteiger partial charge in [0.1, 0.15) is 0 Å². The number of benzene rings is 1. The highest BCUT2D eigenvalue weighted by atomic mass is 79.9. The first-order chi connectivity index (χ1) is 6.17. The van der Waals surface area contributed by atoms with Crippen molar-refractivity contribution < 1.29 is 0 Å². The van der Waals surface area contributed by atoms with E-state index in [-0.39, 0.29) is 5.92 Å². The summed E-state index contributed by atoms with van der Waals surface area (Å²) >= 11 is 3.46. The van der Waals surface area contributed by atoms with Crippen LogP contribution in [0.4, 0.5) is 0 Å². The highest BCUT2D eigenvalue weighted by Crippen LogP contribution is 2.20. The van der Waals surface area contributed by atoms with Crippen LogP contribution in [0.3, 0.4) is 0 Å². The lowest BCUT2D eigenvalue weighted by atomic mass is 9.98. The van der Waals surface area contributed by atoms with Gasteiger partial charge in [0.2, 0.25) is 0 Å². The normalized spacial score (nSPS) is 10.8. The van der Waals surface area contributed by atoms with Crippen LogP contribution in [0.25, 0.3) is 0 Å². The van der Waals surface area contributed by atoms with Crippen molar-refractivity contribution in [1.29, 1.82) is 0 Å². The molecule has 0 bridgehead atoms. The second kappa shape index (κ2) is 4.74. The smallest absolute Gasteiger partial charge is 0.0180 e. The van der Waals surface area contributed by atoms with E-state index in [1.54, 1.807) is 0 Å². The van der Waals surface area contributed by atoms with Gasteiger partial charge in [-0.15, -0.1) is 0 Å². The van der Waals surface area contributed by atoms with Gasteiger partial charge in [-0.3, -0.25) is 0 Å². The van der Waals surface area contributed by atoms with E-state index in [1.807, 2.05) is 0 Å². The van der Waals surface area contributed by atoms with E-state index in [1.165, 1.54) is 11.1 Å². The number of hydrogen-bond donors (Lipinski definition) is 2. The highest BCUT2D eigenvalue weighted by Gasteiger charge is 2.07. The molecule has 0 fully saturated rings. The predicted octanol–water partition coefficient (Wildman–Crippen LogP) is 1.76. The molecule has 0 aliphatic heterocycles. The molecule has 0 aliphatic carbocycles. The molecule has 1 aromatic carbocycles. The van der Waals surface area contributed by atoms with Gasteiger partial charge in [-0.2, -0.15) is 0 Å². The Balaban J connectivity index is 2.99. The largest absolute Gasteiger partial charge is 0.330 e. The molecule has 13 heavy (non-hydrogen) atoms. The summed E-state index contributed by atoms with van der Waals surface area (Å²) in [4.78, 5) is 0. The van der Waals surface area contributed by atoms with E-state index in [0.29, 0.717) is 13.1 Å². The molecule has 0 atom stereocenters. The summed E-state index contributed by atoms with van der Waals surface area (Å²) < 4.78 is 1.09. The van der Waals surface area contributed by atoms with Gasteiger partial charge in [0.25, 0.3) is 0 Å². The average Bonchev–Trinajstić information content (AvgIpc) is 2.04. The van der Waals surface area contributed by atoms with Gasteiger partial charge in [0.05, 0.1) is 0 Å². The Labute approximate surface area is 87.4 Å². The van der Waals surface area contributed by atoms with Gasteiger partial charge in [0.15, 0.2) is 0 Å². The number of halogens is 1. The van der Waals surface area contributed by atoms with Crippen molar-refractivity contribution in [3.63, 3.8) is 0 Å². The van der Waals surface area contributed by atoms with E-state index in [0.717, 1.165) is 4.47 Å². The van der Waals surface area contributed by atoms with Gasteiger partial charge in [0, 0.05) is 23.5 Å². The Morgan fingerprint density at radius 2 is 1.85 bits per heavy atom. The summed E-state index contributed by atoms with van der Waals surface area (Å²) in [5, 5.41) is 0. The van der Waals surface area contributed by atoms with E-state index in [4.69, 9.17) is 11.5 Å². The zero-order valence-electron chi connectivity index (χ0n) is 7.76. The predicted molar refractivity (Wildman–Crippen MR) is 59.7 cm³/mol. The molecule has 3 heteroatoms. The molecule has 0 aliphatic rings. The Kier molecular flexibility index (Phi) is 3.90. The Morgan fingerprint density at radius 3 is 2.31 bits per heavy atom. The first-order valence-electron chi connectivity index (χ1n) is 4.34. The van der Waals surface area contributed by atoms with Crippen LogP contribution >= 0.6 is 15.9 Å². The fraction of sp³-hybridized carbons (Fsp3) is 0.400. The minimum absolute atomic E-state index is 0.274. The fourth-order valence-corrected chi connectivity index (χ4v) is 1.99. The Hall–Kier alpha value is -0.380. The molecular formula is C10H15BrN2. The van der Waals surface area contributed by atoms with Crippen LogP contribution in [0, 0.1) is 6.92 Å². The van der Waals surface area contributed by atoms with Crippen molar-refractivity contribution in [2.24, 2.45) is 11.5 Å². The molecule has 2 nitrogen and oxygen atoms in total. The van der Waals surface area contributed by atoms with Gasteiger partial charge >= 0.3 is 0 Å². The van der Waals surface area contributed by atoms with Crippen molar-refractivity contribution in [2.45, 2.75) is 12.8 Å². The van der Waals surface area contributed by atoms with Gasteiger partial charge in [-0.05, 0) is 30.2 Å². The quantitative estimate of drug-likeness (QED) is 0.849. The number of hydrogen-bond acceptors (Lipinski definition) is 2. The van der Waals surface area contributed by atoms with Crippen LogP contribution < -0.4 is 11.5 Å². The number of nitrogens with two attached hydrogens (primary N) is 2. The van der Waals surface area contributed by atoms with E-state index in [9.17, 15) is 0 Å². The second-order valence-corrected chi connectivity index (χ2v) is 4.15. The van der Waals surface area contributed by atoms with Crippen molar-refractivity contribution in [3.05, 3.63) is 33.8 Å². The van der Waals surface area contributed by atoms with Crippen molar-refractivity contribution >= 4 is 15.9 Å². The minimum Gasteiger partial charge on any atom is -0.330 e. The third-order valence-electron chi connectivity index (χ3n) is 2.10. The van der Waals surface area contributed by atoms with E-state index >= 15 is 0 Å². The Bertz CT molecular complexity index is 262. The maximum absolute atomic E-state index is 5.62. The summed E-state index contributed by atoms with van der Waals surface area (Å²) in [7, 11) is 0. The minimum atomic E-state index is 0.274. The van der Waals surface area contributed by atoms with Crippen molar-refractivity contribution in [2.75, 3.05) is 13.1 Å². The summed E-state index contributed by atoms with van der Waals surface area (Å²) in [6.07, 6.45) is 0. The Morgan fingerprint density at radius 1 is 1.23 bits per heavy atom. The molecule has 1 aromatic rings. The maximum atomic E-state index is 5.62. The molecule has 0 heterocycles. The average molecular weight is 243 g/mol. The van der Waals surface area contributed by atoms with Crippen LogP contribution in [0.1, 0.15) is 17.0 Å². The molecule has 0 spiro atoms. The topological polar surface area (TPSA) is 52.0 Å². The number of rotatable bonds is 3. The SMILES string of the molecule is Cc1cc(Br)cc(C(CN)CN)c1. The second-order valence-electron chi connectivity index (χ2n) is 3.23. The standard InChI is InChI=1S/C10H15BrN2/c1-7-2-8(4-10(11)3-7)9(5-12)6-13/h2-4,9H,5-6,12-13H2,1H3.